The molecule has 0 aliphatic rings. The number of pyridine rings is 1. The van der Waals surface area contributed by atoms with E-state index < -0.39 is 0 Å². The van der Waals surface area contributed by atoms with Crippen LogP contribution in [0.25, 0.3) is 0 Å². The topological polar surface area (TPSA) is 54.5 Å². The number of carbonyl (C=O) groups excluding carboxylic acids is 1. The lowest BCUT2D eigenvalue weighted by Crippen LogP contribution is -2.26. The minimum absolute atomic E-state index is 0.149. The number of benzene rings is 2. The molecule has 1 heterocycles. The molecular weight excluding hydrogens is 326 g/mol. The Morgan fingerprint density at radius 1 is 1.00 bits per heavy atom. The zero-order valence-corrected chi connectivity index (χ0v) is 14.8. The summed E-state index contributed by atoms with van der Waals surface area (Å²) in [4.78, 5) is 18.4. The van der Waals surface area contributed by atoms with Crippen molar-refractivity contribution in [2.45, 2.75) is 6.92 Å². The molecule has 26 heavy (non-hydrogen) atoms. The number of anilines is 3. The van der Waals surface area contributed by atoms with E-state index in [1.54, 1.807) is 24.2 Å². The largest absolute Gasteiger partial charge is 0.494 e. The second kappa shape index (κ2) is 8.16. The van der Waals surface area contributed by atoms with Crippen molar-refractivity contribution in [2.75, 3.05) is 23.9 Å². The number of nitrogens with zero attached hydrogens (tertiary/aromatic N) is 2. The van der Waals surface area contributed by atoms with E-state index in [4.69, 9.17) is 4.74 Å². The van der Waals surface area contributed by atoms with E-state index >= 15 is 0 Å². The molecule has 0 bridgehead atoms. The van der Waals surface area contributed by atoms with Crippen molar-refractivity contribution in [2.24, 2.45) is 0 Å². The second-order valence-electron chi connectivity index (χ2n) is 5.71. The van der Waals surface area contributed by atoms with E-state index in [-0.39, 0.29) is 5.91 Å². The van der Waals surface area contributed by atoms with Crippen LogP contribution in [-0.4, -0.2) is 24.5 Å². The highest BCUT2D eigenvalue weighted by Crippen LogP contribution is 2.20. The second-order valence-corrected chi connectivity index (χ2v) is 5.71. The lowest BCUT2D eigenvalue weighted by molar-refractivity contribution is 0.0988. The predicted octanol–water partition coefficient (Wildman–Crippen LogP) is 4.50. The van der Waals surface area contributed by atoms with E-state index in [2.05, 4.69) is 10.3 Å². The molecule has 3 rings (SSSR count). The maximum atomic E-state index is 12.5. The van der Waals surface area contributed by atoms with Gasteiger partial charge in [0.05, 0.1) is 18.5 Å². The van der Waals surface area contributed by atoms with Gasteiger partial charge in [-0.15, -0.1) is 0 Å². The third-order valence-electron chi connectivity index (χ3n) is 3.88. The first-order valence-electron chi connectivity index (χ1n) is 8.46. The van der Waals surface area contributed by atoms with E-state index in [9.17, 15) is 4.79 Å². The maximum Gasteiger partial charge on any atom is 0.276 e. The fraction of sp³-hybridized carbons (Fsp3) is 0.143. The molecule has 0 aliphatic heterocycles. The number of ether oxygens (including phenoxy) is 1. The molecule has 0 unspecified atom stereocenters. The highest BCUT2D eigenvalue weighted by Gasteiger charge is 2.14. The molecular formula is C21H21N3O2. The van der Waals surface area contributed by atoms with Gasteiger partial charge in [-0.2, -0.15) is 0 Å². The lowest BCUT2D eigenvalue weighted by Gasteiger charge is -2.17. The van der Waals surface area contributed by atoms with Gasteiger partial charge in [0.15, 0.2) is 0 Å². The normalized spacial score (nSPS) is 10.2. The van der Waals surface area contributed by atoms with Crippen molar-refractivity contribution in [3.8, 4) is 5.75 Å². The molecule has 0 saturated heterocycles. The Morgan fingerprint density at radius 2 is 1.69 bits per heavy atom. The molecule has 0 atom stereocenters. The minimum Gasteiger partial charge on any atom is -0.494 e. The first-order chi connectivity index (χ1) is 12.7. The van der Waals surface area contributed by atoms with Crippen molar-refractivity contribution in [1.82, 2.24) is 4.98 Å². The molecule has 0 radical (unpaired) electrons. The van der Waals surface area contributed by atoms with Crippen LogP contribution >= 0.6 is 0 Å². The van der Waals surface area contributed by atoms with Crippen molar-refractivity contribution >= 4 is 23.0 Å². The highest BCUT2D eigenvalue weighted by molar-refractivity contribution is 6.04. The smallest absolute Gasteiger partial charge is 0.276 e. The quantitative estimate of drug-likeness (QED) is 0.713. The van der Waals surface area contributed by atoms with E-state index in [0.717, 1.165) is 22.8 Å². The third kappa shape index (κ3) is 4.19. The molecule has 5 heteroatoms. The van der Waals surface area contributed by atoms with Gasteiger partial charge >= 0.3 is 0 Å². The Hall–Kier alpha value is -3.34. The summed E-state index contributed by atoms with van der Waals surface area (Å²) in [6.45, 7) is 2.60. The summed E-state index contributed by atoms with van der Waals surface area (Å²) in [5.74, 6) is 0.685. The molecule has 0 saturated carbocycles. The number of para-hydroxylation sites is 1. The first kappa shape index (κ1) is 17.5. The Morgan fingerprint density at radius 3 is 2.31 bits per heavy atom. The molecule has 1 N–H and O–H groups in total. The zero-order chi connectivity index (χ0) is 18.4. The summed E-state index contributed by atoms with van der Waals surface area (Å²) >= 11 is 0. The number of hydrogen-bond donors (Lipinski definition) is 1. The molecule has 0 spiro atoms. The fourth-order valence-corrected chi connectivity index (χ4v) is 2.50. The monoisotopic (exact) mass is 347 g/mol. The average Bonchev–Trinajstić information content (AvgIpc) is 2.70. The summed E-state index contributed by atoms with van der Waals surface area (Å²) in [6, 6.07) is 20.8. The number of carbonyl (C=O) groups is 1. The van der Waals surface area contributed by atoms with Crippen molar-refractivity contribution in [1.29, 1.82) is 0 Å². The molecule has 0 fully saturated rings. The van der Waals surface area contributed by atoms with Crippen LogP contribution in [0.5, 0.6) is 5.75 Å². The predicted molar refractivity (Wildman–Crippen MR) is 104 cm³/mol. The van der Waals surface area contributed by atoms with Gasteiger partial charge in [0.2, 0.25) is 0 Å². The summed E-state index contributed by atoms with van der Waals surface area (Å²) in [5, 5.41) is 3.26. The Balaban J connectivity index is 1.67. The van der Waals surface area contributed by atoms with Gasteiger partial charge < -0.3 is 15.0 Å². The number of rotatable bonds is 6. The maximum absolute atomic E-state index is 12.5. The van der Waals surface area contributed by atoms with Gasteiger partial charge in [0.1, 0.15) is 11.4 Å². The molecule has 1 amide bonds. The standard InChI is InChI=1S/C21H21N3O2/c1-3-26-19-12-9-16(10-13-19)23-17-11-14-20(22-15-17)21(25)24(2)18-7-5-4-6-8-18/h4-15,23H,3H2,1-2H3. The van der Waals surface area contributed by atoms with Crippen LogP contribution in [-0.2, 0) is 0 Å². The lowest BCUT2D eigenvalue weighted by atomic mass is 10.2. The molecule has 1 aromatic heterocycles. The van der Waals surface area contributed by atoms with Crippen LogP contribution in [0.1, 0.15) is 17.4 Å². The number of aromatic nitrogens is 1. The van der Waals surface area contributed by atoms with Gasteiger partial charge in [-0.05, 0) is 55.5 Å². The van der Waals surface area contributed by atoms with Crippen LogP contribution in [0.2, 0.25) is 0 Å². The Bertz CT molecular complexity index is 847. The SMILES string of the molecule is CCOc1ccc(Nc2ccc(C(=O)N(C)c3ccccc3)nc2)cc1. The Kier molecular flexibility index (Phi) is 5.49. The van der Waals surface area contributed by atoms with Crippen molar-refractivity contribution in [3.05, 3.63) is 78.6 Å². The first-order valence-corrected chi connectivity index (χ1v) is 8.46. The van der Waals surface area contributed by atoms with Gasteiger partial charge in [-0.1, -0.05) is 18.2 Å². The van der Waals surface area contributed by atoms with E-state index in [0.29, 0.717) is 12.3 Å². The summed E-state index contributed by atoms with van der Waals surface area (Å²) in [5.41, 5.74) is 2.97. The fourth-order valence-electron chi connectivity index (χ4n) is 2.50. The average molecular weight is 347 g/mol. The van der Waals surface area contributed by atoms with Crippen molar-refractivity contribution < 1.29 is 9.53 Å². The van der Waals surface area contributed by atoms with Crippen LogP contribution in [0, 0.1) is 0 Å². The summed E-state index contributed by atoms with van der Waals surface area (Å²) in [7, 11) is 1.74. The van der Waals surface area contributed by atoms with Crippen LogP contribution in [0.4, 0.5) is 17.1 Å². The molecule has 2 aromatic carbocycles. The molecule has 5 nitrogen and oxygen atoms in total. The van der Waals surface area contributed by atoms with Gasteiger partial charge in [-0.25, -0.2) is 4.98 Å². The minimum atomic E-state index is -0.149. The number of hydrogen-bond acceptors (Lipinski definition) is 4. The van der Waals surface area contributed by atoms with Crippen LogP contribution in [0.3, 0.4) is 0 Å². The van der Waals surface area contributed by atoms with E-state index in [1.807, 2.05) is 67.6 Å². The van der Waals surface area contributed by atoms with E-state index in [1.165, 1.54) is 0 Å². The zero-order valence-electron chi connectivity index (χ0n) is 14.8. The molecule has 0 aliphatic carbocycles. The molecule has 3 aromatic rings. The number of nitrogens with one attached hydrogen (secondary N) is 1. The van der Waals surface area contributed by atoms with Gasteiger partial charge in [-0.3, -0.25) is 4.79 Å². The highest BCUT2D eigenvalue weighted by atomic mass is 16.5. The Labute approximate surface area is 153 Å². The molecule has 132 valence electrons. The number of amides is 1. The van der Waals surface area contributed by atoms with Gasteiger partial charge in [0.25, 0.3) is 5.91 Å². The third-order valence-corrected chi connectivity index (χ3v) is 3.88. The van der Waals surface area contributed by atoms with Gasteiger partial charge in [0, 0.05) is 18.4 Å². The van der Waals surface area contributed by atoms with Crippen molar-refractivity contribution in [3.63, 3.8) is 0 Å². The summed E-state index contributed by atoms with van der Waals surface area (Å²) in [6.07, 6.45) is 1.66. The van der Waals surface area contributed by atoms with Crippen LogP contribution in [0.15, 0.2) is 72.9 Å². The van der Waals surface area contributed by atoms with Crippen LogP contribution < -0.4 is 15.0 Å². The summed E-state index contributed by atoms with van der Waals surface area (Å²) < 4.78 is 5.43.